The molecule has 0 spiro atoms. The molecule has 7 nitrogen and oxygen atoms in total. The summed E-state index contributed by atoms with van der Waals surface area (Å²) in [5.41, 5.74) is 4.34. The Hall–Kier alpha value is -3.78. The third-order valence-electron chi connectivity index (χ3n) is 5.06. The highest BCUT2D eigenvalue weighted by Crippen LogP contribution is 2.40. The van der Waals surface area contributed by atoms with Crippen LogP contribution in [-0.2, 0) is 4.79 Å². The minimum atomic E-state index is -0.102. The van der Waals surface area contributed by atoms with Gasteiger partial charge in [-0.15, -0.1) is 0 Å². The lowest BCUT2D eigenvalue weighted by molar-refractivity contribution is -0.113. The summed E-state index contributed by atoms with van der Waals surface area (Å²) in [6, 6.07) is 25.1. The van der Waals surface area contributed by atoms with E-state index in [4.69, 9.17) is 4.99 Å². The number of carbonyl (C=O) groups is 1. The number of fused-ring (bicyclic) bond motifs is 3. The van der Waals surface area contributed by atoms with Gasteiger partial charge in [-0.05, 0) is 42.5 Å². The number of nitrogens with zero attached hydrogens (tertiary/aromatic N) is 5. The minimum Gasteiger partial charge on any atom is -0.325 e. The predicted molar refractivity (Wildman–Crippen MR) is 129 cm³/mol. The van der Waals surface area contributed by atoms with Crippen LogP contribution in [0.15, 0.2) is 99.2 Å². The second kappa shape index (κ2) is 9.15. The molecule has 3 aromatic carbocycles. The Morgan fingerprint density at radius 2 is 1.69 bits per heavy atom. The van der Waals surface area contributed by atoms with Gasteiger partial charge in [0.2, 0.25) is 5.91 Å². The van der Waals surface area contributed by atoms with Crippen LogP contribution in [0.5, 0.6) is 0 Å². The Morgan fingerprint density at radius 1 is 0.969 bits per heavy atom. The molecule has 1 amide bonds. The molecule has 0 saturated carbocycles. The molecule has 0 aliphatic carbocycles. The molecule has 158 valence electrons. The zero-order valence-corrected chi connectivity index (χ0v) is 17.9. The monoisotopic (exact) mass is 440 g/mol. The van der Waals surface area contributed by atoms with Crippen LogP contribution in [0.1, 0.15) is 18.0 Å². The number of carbonyl (C=O) groups excluding carboxylic acids is 1. The Kier molecular flexibility index (Phi) is 5.76. The standard InChI is InChI=1S/C24H20N6OS/c31-23(26-17-10-12-19(13-11-17)29-28-18-6-2-1-3-7-18)16-32-24-27-21-9-5-4-8-20(21)22-14-15-25-30(22)24/h1-13,15,22H,14,16H2,(H,26,31). The zero-order chi connectivity index (χ0) is 21.8. The lowest BCUT2D eigenvalue weighted by Crippen LogP contribution is -2.29. The van der Waals surface area contributed by atoms with Crippen LogP contribution in [-0.4, -0.2) is 28.1 Å². The molecule has 3 aromatic rings. The first-order valence-corrected chi connectivity index (χ1v) is 11.2. The van der Waals surface area contributed by atoms with Crippen molar-refractivity contribution in [2.75, 3.05) is 11.1 Å². The largest absolute Gasteiger partial charge is 0.325 e. The number of amidine groups is 1. The molecule has 0 radical (unpaired) electrons. The van der Waals surface area contributed by atoms with E-state index in [0.717, 1.165) is 28.7 Å². The van der Waals surface area contributed by atoms with Crippen molar-refractivity contribution in [3.8, 4) is 0 Å². The SMILES string of the molecule is O=C(CSC1=Nc2ccccc2C2CC=NN12)Nc1ccc(N=Nc2ccccc2)cc1. The van der Waals surface area contributed by atoms with Crippen molar-refractivity contribution >= 4 is 51.8 Å². The number of aliphatic imine (C=N–C) groups is 1. The molecular formula is C24H20N6OS. The summed E-state index contributed by atoms with van der Waals surface area (Å²) in [4.78, 5) is 17.2. The van der Waals surface area contributed by atoms with Gasteiger partial charge in [0.1, 0.15) is 0 Å². The number of azo groups is 1. The fraction of sp³-hybridized carbons (Fsp3) is 0.125. The van der Waals surface area contributed by atoms with Crippen molar-refractivity contribution in [2.24, 2.45) is 20.3 Å². The average molecular weight is 441 g/mol. The van der Waals surface area contributed by atoms with Gasteiger partial charge >= 0.3 is 0 Å². The van der Waals surface area contributed by atoms with E-state index in [1.807, 2.05) is 84.0 Å². The lowest BCUT2D eigenvalue weighted by atomic mass is 10.0. The van der Waals surface area contributed by atoms with E-state index in [2.05, 4.69) is 26.7 Å². The van der Waals surface area contributed by atoms with Crippen molar-refractivity contribution in [3.05, 3.63) is 84.4 Å². The summed E-state index contributed by atoms with van der Waals surface area (Å²) in [5.74, 6) is 0.143. The molecular weight excluding hydrogens is 420 g/mol. The van der Waals surface area contributed by atoms with Gasteiger partial charge in [0, 0.05) is 23.9 Å². The highest BCUT2D eigenvalue weighted by atomic mass is 32.2. The van der Waals surface area contributed by atoms with Crippen LogP contribution in [0.3, 0.4) is 0 Å². The fourth-order valence-electron chi connectivity index (χ4n) is 3.53. The first kappa shape index (κ1) is 20.1. The van der Waals surface area contributed by atoms with Gasteiger partial charge in [-0.3, -0.25) is 4.79 Å². The van der Waals surface area contributed by atoms with Crippen LogP contribution in [0, 0.1) is 0 Å². The fourth-order valence-corrected chi connectivity index (χ4v) is 4.33. The van der Waals surface area contributed by atoms with E-state index < -0.39 is 0 Å². The normalized spacial score (nSPS) is 16.6. The number of para-hydroxylation sites is 1. The minimum absolute atomic E-state index is 0.102. The average Bonchev–Trinajstić information content (AvgIpc) is 3.33. The molecule has 8 heteroatoms. The Morgan fingerprint density at radius 3 is 2.50 bits per heavy atom. The second-order valence-electron chi connectivity index (χ2n) is 7.27. The van der Waals surface area contributed by atoms with E-state index in [0.29, 0.717) is 5.69 Å². The molecule has 1 atom stereocenters. The third-order valence-corrected chi connectivity index (χ3v) is 6.00. The number of anilines is 1. The second-order valence-corrected chi connectivity index (χ2v) is 8.21. The van der Waals surface area contributed by atoms with Crippen LogP contribution < -0.4 is 5.32 Å². The van der Waals surface area contributed by atoms with E-state index >= 15 is 0 Å². The molecule has 2 aliphatic rings. The third kappa shape index (κ3) is 4.45. The highest BCUT2D eigenvalue weighted by Gasteiger charge is 2.32. The van der Waals surface area contributed by atoms with E-state index in [1.165, 1.54) is 17.3 Å². The molecule has 2 heterocycles. The van der Waals surface area contributed by atoms with Gasteiger partial charge in [-0.2, -0.15) is 15.3 Å². The maximum Gasteiger partial charge on any atom is 0.234 e. The number of hydrogen-bond donors (Lipinski definition) is 1. The molecule has 0 fully saturated rings. The van der Waals surface area contributed by atoms with Crippen molar-refractivity contribution in [1.82, 2.24) is 5.01 Å². The molecule has 2 aliphatic heterocycles. The molecule has 0 bridgehead atoms. The maximum absolute atomic E-state index is 12.5. The van der Waals surface area contributed by atoms with Crippen molar-refractivity contribution in [1.29, 1.82) is 0 Å². The maximum atomic E-state index is 12.5. The summed E-state index contributed by atoms with van der Waals surface area (Å²) >= 11 is 1.39. The lowest BCUT2D eigenvalue weighted by Gasteiger charge is -2.29. The number of hydrogen-bond acceptors (Lipinski definition) is 7. The summed E-state index contributed by atoms with van der Waals surface area (Å²) in [5, 5.41) is 18.4. The van der Waals surface area contributed by atoms with Crippen molar-refractivity contribution in [3.63, 3.8) is 0 Å². The summed E-state index contributed by atoms with van der Waals surface area (Å²) in [6.45, 7) is 0. The molecule has 0 aromatic heterocycles. The molecule has 5 rings (SSSR count). The molecule has 32 heavy (non-hydrogen) atoms. The van der Waals surface area contributed by atoms with Gasteiger partial charge in [0.15, 0.2) is 5.17 Å². The van der Waals surface area contributed by atoms with E-state index in [-0.39, 0.29) is 17.7 Å². The number of thioether (sulfide) groups is 1. The van der Waals surface area contributed by atoms with E-state index in [1.54, 1.807) is 0 Å². The van der Waals surface area contributed by atoms with Gasteiger partial charge in [-0.25, -0.2) is 10.0 Å². The van der Waals surface area contributed by atoms with Crippen LogP contribution >= 0.6 is 11.8 Å². The molecule has 1 N–H and O–H groups in total. The van der Waals surface area contributed by atoms with Crippen LogP contribution in [0.2, 0.25) is 0 Å². The van der Waals surface area contributed by atoms with Crippen molar-refractivity contribution in [2.45, 2.75) is 12.5 Å². The summed E-state index contributed by atoms with van der Waals surface area (Å²) in [7, 11) is 0. The number of benzene rings is 3. The molecule has 1 unspecified atom stereocenters. The summed E-state index contributed by atoms with van der Waals surface area (Å²) in [6.07, 6.45) is 2.75. The van der Waals surface area contributed by atoms with Gasteiger partial charge in [-0.1, -0.05) is 48.2 Å². The van der Waals surface area contributed by atoms with Gasteiger partial charge < -0.3 is 5.32 Å². The first-order valence-electron chi connectivity index (χ1n) is 10.2. The predicted octanol–water partition coefficient (Wildman–Crippen LogP) is 6.21. The topological polar surface area (TPSA) is 81.8 Å². The highest BCUT2D eigenvalue weighted by molar-refractivity contribution is 8.14. The molecule has 0 saturated heterocycles. The first-order chi connectivity index (χ1) is 15.8. The van der Waals surface area contributed by atoms with Gasteiger partial charge in [0.05, 0.1) is 28.9 Å². The number of hydrazone groups is 1. The van der Waals surface area contributed by atoms with Crippen LogP contribution in [0.25, 0.3) is 0 Å². The van der Waals surface area contributed by atoms with Crippen molar-refractivity contribution < 1.29 is 4.79 Å². The Balaban J connectivity index is 1.19. The van der Waals surface area contributed by atoms with Gasteiger partial charge in [0.25, 0.3) is 0 Å². The number of amides is 1. The quantitative estimate of drug-likeness (QED) is 0.479. The van der Waals surface area contributed by atoms with Crippen LogP contribution in [0.4, 0.5) is 22.7 Å². The summed E-state index contributed by atoms with van der Waals surface area (Å²) < 4.78 is 0. The number of nitrogens with one attached hydrogen (secondary N) is 1. The zero-order valence-electron chi connectivity index (χ0n) is 17.1. The number of rotatable bonds is 5. The Bertz CT molecular complexity index is 1210. The Labute approximate surface area is 190 Å². The smallest absolute Gasteiger partial charge is 0.234 e. The van der Waals surface area contributed by atoms with E-state index in [9.17, 15) is 4.79 Å².